The molecule has 34 heavy (non-hydrogen) atoms. The molecule has 3 atom stereocenters. The third-order valence-corrected chi connectivity index (χ3v) is 6.67. The summed E-state index contributed by atoms with van der Waals surface area (Å²) in [5.74, 6) is -4.23. The van der Waals surface area contributed by atoms with Gasteiger partial charge in [0, 0.05) is 38.0 Å². The van der Waals surface area contributed by atoms with Crippen molar-refractivity contribution < 1.29 is 22.8 Å². The first kappa shape index (κ1) is 24.1. The first-order valence-corrected chi connectivity index (χ1v) is 11.8. The molecule has 2 aliphatic heterocycles. The molecule has 2 N–H and O–H groups in total. The second-order valence-corrected chi connectivity index (χ2v) is 9.10. The van der Waals surface area contributed by atoms with Crippen molar-refractivity contribution >= 4 is 29.0 Å². The molecule has 12 heteroatoms. The zero-order chi connectivity index (χ0) is 24.4. The Morgan fingerprint density at radius 1 is 1.21 bits per heavy atom. The maximum absolute atomic E-state index is 14.6. The number of fused-ring (bicyclic) bond motifs is 1. The Hall–Kier alpha value is -2.99. The molecule has 3 heterocycles. The van der Waals surface area contributed by atoms with Gasteiger partial charge >= 0.3 is 0 Å². The van der Waals surface area contributed by atoms with E-state index in [1.54, 1.807) is 15.8 Å². The molecule has 2 aromatic rings. The van der Waals surface area contributed by atoms with Gasteiger partial charge in [0.1, 0.15) is 17.7 Å². The topological polar surface area (TPSA) is 89.9 Å². The highest BCUT2D eigenvalue weighted by Gasteiger charge is 2.43. The number of hydrogen-bond acceptors (Lipinski definition) is 7. The average molecular weight is 495 g/mol. The number of rotatable bonds is 6. The lowest BCUT2D eigenvalue weighted by Crippen LogP contribution is -2.54. The van der Waals surface area contributed by atoms with Crippen LogP contribution in [0.1, 0.15) is 17.7 Å². The van der Waals surface area contributed by atoms with Crippen LogP contribution < -0.4 is 10.6 Å². The number of nitrogens with one attached hydrogen (secondary N) is 2. The molecule has 0 spiro atoms. The third-order valence-electron chi connectivity index (χ3n) is 6.03. The Bertz CT molecular complexity index is 1100. The number of nitrogens with zero attached hydrogens (tertiary/aromatic N) is 4. The van der Waals surface area contributed by atoms with Crippen LogP contribution in [0, 0.1) is 17.5 Å². The number of thiazole rings is 1. The average Bonchev–Trinajstić information content (AvgIpc) is 3.39. The SMILES string of the molecule is CNC(=O)C(Cc1cscn1)NC(=O)[C@H]1N=C(c2cc(F)c(F)cc2F)N2CCCN(C)CC12. The smallest absolute Gasteiger partial charge is 0.247 e. The van der Waals surface area contributed by atoms with E-state index in [0.717, 1.165) is 19.0 Å². The van der Waals surface area contributed by atoms with E-state index in [9.17, 15) is 22.8 Å². The number of amides is 2. The van der Waals surface area contributed by atoms with E-state index in [1.165, 1.54) is 18.4 Å². The molecule has 2 unspecified atom stereocenters. The molecule has 0 bridgehead atoms. The molecule has 2 aliphatic rings. The number of hydrogen-bond donors (Lipinski definition) is 2. The fourth-order valence-electron chi connectivity index (χ4n) is 4.35. The lowest BCUT2D eigenvalue weighted by Gasteiger charge is -2.30. The fourth-order valence-corrected chi connectivity index (χ4v) is 4.92. The van der Waals surface area contributed by atoms with Crippen molar-refractivity contribution in [1.82, 2.24) is 25.4 Å². The second-order valence-electron chi connectivity index (χ2n) is 8.38. The molecule has 8 nitrogen and oxygen atoms in total. The molecule has 0 radical (unpaired) electrons. The Morgan fingerprint density at radius 2 is 1.97 bits per heavy atom. The van der Waals surface area contributed by atoms with E-state index in [2.05, 4.69) is 20.6 Å². The molecule has 1 aromatic heterocycles. The molecule has 0 aliphatic carbocycles. The summed E-state index contributed by atoms with van der Waals surface area (Å²) in [5.41, 5.74) is 2.10. The van der Waals surface area contributed by atoms with E-state index in [-0.39, 0.29) is 23.7 Å². The number of benzene rings is 1. The first-order chi connectivity index (χ1) is 16.3. The number of aliphatic imine (C=N–C) groups is 1. The monoisotopic (exact) mass is 494 g/mol. The quantitative estimate of drug-likeness (QED) is 0.589. The highest BCUT2D eigenvalue weighted by atomic mass is 32.1. The van der Waals surface area contributed by atoms with Crippen molar-refractivity contribution in [3.05, 3.63) is 51.7 Å². The first-order valence-electron chi connectivity index (χ1n) is 10.9. The lowest BCUT2D eigenvalue weighted by atomic mass is 10.1. The summed E-state index contributed by atoms with van der Waals surface area (Å²) in [6, 6.07) is -1.05. The molecular formula is C22H25F3N6O2S. The predicted octanol–water partition coefficient (Wildman–Crippen LogP) is 1.17. The zero-order valence-corrected chi connectivity index (χ0v) is 19.5. The molecule has 1 aromatic carbocycles. The predicted molar refractivity (Wildman–Crippen MR) is 121 cm³/mol. The van der Waals surface area contributed by atoms with Crippen molar-refractivity contribution in [3.63, 3.8) is 0 Å². The van der Waals surface area contributed by atoms with Crippen LogP contribution >= 0.6 is 11.3 Å². The number of aromatic nitrogens is 1. The van der Waals surface area contributed by atoms with Gasteiger partial charge in [-0.3, -0.25) is 14.6 Å². The normalized spacial score (nSPS) is 21.4. The fraction of sp³-hybridized carbons (Fsp3) is 0.455. The van der Waals surface area contributed by atoms with Crippen molar-refractivity contribution in [2.75, 3.05) is 33.7 Å². The Morgan fingerprint density at radius 3 is 2.68 bits per heavy atom. The number of carbonyl (C=O) groups excluding carboxylic acids is 2. The summed E-state index contributed by atoms with van der Waals surface area (Å²) in [4.78, 5) is 38.3. The van der Waals surface area contributed by atoms with Gasteiger partial charge in [0.15, 0.2) is 17.7 Å². The maximum Gasteiger partial charge on any atom is 0.247 e. The molecule has 4 rings (SSSR count). The van der Waals surface area contributed by atoms with Crippen molar-refractivity contribution in [2.45, 2.75) is 31.0 Å². The highest BCUT2D eigenvalue weighted by Crippen LogP contribution is 2.28. The number of halogens is 3. The van der Waals surface area contributed by atoms with Gasteiger partial charge in [-0.05, 0) is 26.1 Å². The standard InChI is InChI=1S/C22H25F3N6O2S/c1-26-21(32)17(6-12-10-34-11-27-12)28-22(33)19-18-9-30(2)4-3-5-31(18)20(29-19)13-7-15(24)16(25)8-14(13)23/h7-8,10-11,17-19H,3-6,9H2,1-2H3,(H,26,32)(H,28,33)/t17?,18?,19-/m0/s1. The van der Waals surface area contributed by atoms with Gasteiger partial charge in [0.05, 0.1) is 22.8 Å². The minimum atomic E-state index is -1.29. The molecule has 2 amide bonds. The summed E-state index contributed by atoms with van der Waals surface area (Å²) >= 11 is 1.38. The number of likely N-dealkylation sites (N-methyl/N-ethyl adjacent to an activating group) is 2. The highest BCUT2D eigenvalue weighted by molar-refractivity contribution is 7.07. The molecule has 0 saturated carbocycles. The van der Waals surface area contributed by atoms with Crippen LogP contribution in [-0.2, 0) is 16.0 Å². The molecule has 182 valence electrons. The van der Waals surface area contributed by atoms with E-state index < -0.39 is 41.5 Å². The van der Waals surface area contributed by atoms with Crippen molar-refractivity contribution in [1.29, 1.82) is 0 Å². The summed E-state index contributed by atoms with van der Waals surface area (Å²) in [5, 5.41) is 7.09. The summed E-state index contributed by atoms with van der Waals surface area (Å²) in [6.07, 6.45) is 0.917. The molecule has 1 fully saturated rings. The zero-order valence-electron chi connectivity index (χ0n) is 18.7. The van der Waals surface area contributed by atoms with Crippen LogP contribution in [0.5, 0.6) is 0 Å². The van der Waals surface area contributed by atoms with Gasteiger partial charge in [-0.15, -0.1) is 11.3 Å². The van der Waals surface area contributed by atoms with Gasteiger partial charge in [-0.2, -0.15) is 0 Å². The van der Waals surface area contributed by atoms with Crippen molar-refractivity contribution in [2.24, 2.45) is 4.99 Å². The maximum atomic E-state index is 14.6. The van der Waals surface area contributed by atoms with Gasteiger partial charge in [0.2, 0.25) is 11.8 Å². The van der Waals surface area contributed by atoms with Crippen LogP contribution in [0.4, 0.5) is 13.2 Å². The number of amidine groups is 1. The van der Waals surface area contributed by atoms with E-state index in [0.29, 0.717) is 24.8 Å². The third kappa shape index (κ3) is 4.92. The van der Waals surface area contributed by atoms with Crippen LogP contribution in [-0.4, -0.2) is 84.3 Å². The lowest BCUT2D eigenvalue weighted by molar-refractivity contribution is -0.129. The summed E-state index contributed by atoms with van der Waals surface area (Å²) < 4.78 is 42.1. The number of carbonyl (C=O) groups is 2. The van der Waals surface area contributed by atoms with Crippen LogP contribution in [0.2, 0.25) is 0 Å². The molecule has 1 saturated heterocycles. The van der Waals surface area contributed by atoms with Gasteiger partial charge < -0.3 is 20.4 Å². The largest absolute Gasteiger partial charge is 0.357 e. The molecular weight excluding hydrogens is 469 g/mol. The van der Waals surface area contributed by atoms with Gasteiger partial charge in [0.25, 0.3) is 0 Å². The van der Waals surface area contributed by atoms with E-state index in [1.807, 2.05) is 11.9 Å². The summed E-state index contributed by atoms with van der Waals surface area (Å²) in [6.45, 7) is 1.67. The van der Waals surface area contributed by atoms with E-state index in [4.69, 9.17) is 0 Å². The second kappa shape index (κ2) is 10.1. The minimum Gasteiger partial charge on any atom is -0.357 e. The minimum absolute atomic E-state index is 0.104. The van der Waals surface area contributed by atoms with Crippen LogP contribution in [0.3, 0.4) is 0 Å². The Kier molecular flexibility index (Phi) is 7.17. The van der Waals surface area contributed by atoms with Crippen LogP contribution in [0.15, 0.2) is 28.0 Å². The Labute approximate surface area is 198 Å². The van der Waals surface area contributed by atoms with Crippen LogP contribution in [0.25, 0.3) is 0 Å². The van der Waals surface area contributed by atoms with Crippen molar-refractivity contribution in [3.8, 4) is 0 Å². The summed E-state index contributed by atoms with van der Waals surface area (Å²) in [7, 11) is 3.38. The van der Waals surface area contributed by atoms with Gasteiger partial charge in [-0.25, -0.2) is 18.2 Å². The van der Waals surface area contributed by atoms with E-state index >= 15 is 0 Å². The van der Waals surface area contributed by atoms with Gasteiger partial charge in [-0.1, -0.05) is 0 Å². The Balaban J connectivity index is 1.66.